The number of halogens is 2. The molecule has 2 aromatic rings. The van der Waals surface area contributed by atoms with Crippen LogP contribution in [0.3, 0.4) is 0 Å². The fraction of sp³-hybridized carbons (Fsp3) is 0.0909. The number of nitrogens with zero attached hydrogens (tertiary/aromatic N) is 1. The third-order valence-electron chi connectivity index (χ3n) is 2.16. The minimum atomic E-state index is -1.16. The van der Waals surface area contributed by atoms with Crippen molar-refractivity contribution in [2.75, 3.05) is 0 Å². The molecule has 2 rings (SSSR count). The van der Waals surface area contributed by atoms with E-state index in [0.717, 1.165) is 0 Å². The highest BCUT2D eigenvalue weighted by atomic mass is 79.9. The maximum atomic E-state index is 12.9. The fourth-order valence-electron chi connectivity index (χ4n) is 1.37. The van der Waals surface area contributed by atoms with Crippen LogP contribution >= 0.6 is 15.9 Å². The van der Waals surface area contributed by atoms with Crippen molar-refractivity contribution < 1.29 is 18.7 Å². The van der Waals surface area contributed by atoms with Crippen molar-refractivity contribution in [3.63, 3.8) is 0 Å². The second-order valence-electron chi connectivity index (χ2n) is 3.35. The lowest BCUT2D eigenvalue weighted by atomic mass is 10.2. The number of hydrogen-bond donors (Lipinski definition) is 1. The normalized spacial score (nSPS) is 10.5. The lowest BCUT2D eigenvalue weighted by Gasteiger charge is -1.98. The van der Waals surface area contributed by atoms with Crippen molar-refractivity contribution in [3.8, 4) is 11.5 Å². The van der Waals surface area contributed by atoms with Crippen molar-refractivity contribution in [2.45, 2.75) is 6.92 Å². The Morgan fingerprint density at radius 3 is 2.76 bits per heavy atom. The van der Waals surface area contributed by atoms with Gasteiger partial charge in [0.1, 0.15) is 11.6 Å². The highest BCUT2D eigenvalue weighted by Crippen LogP contribution is 2.29. The molecule has 1 heterocycles. The number of carboxylic acid groups (broad SMARTS) is 1. The molecular weight excluding hydrogens is 293 g/mol. The number of carboxylic acids is 1. The van der Waals surface area contributed by atoms with Gasteiger partial charge in [-0.3, -0.25) is 0 Å². The molecule has 0 fully saturated rings. The van der Waals surface area contributed by atoms with Crippen LogP contribution in [0.15, 0.2) is 27.1 Å². The molecule has 4 nitrogen and oxygen atoms in total. The van der Waals surface area contributed by atoms with Crippen molar-refractivity contribution in [3.05, 3.63) is 39.9 Å². The number of rotatable bonds is 2. The molecule has 0 bridgehead atoms. The summed E-state index contributed by atoms with van der Waals surface area (Å²) in [6.45, 7) is 1.51. The zero-order chi connectivity index (χ0) is 12.6. The van der Waals surface area contributed by atoms with Gasteiger partial charge in [-0.15, -0.1) is 0 Å². The molecule has 0 aliphatic carbocycles. The molecule has 0 unspecified atom stereocenters. The van der Waals surface area contributed by atoms with E-state index in [4.69, 9.17) is 9.52 Å². The van der Waals surface area contributed by atoms with E-state index in [9.17, 15) is 9.18 Å². The van der Waals surface area contributed by atoms with Gasteiger partial charge in [0.25, 0.3) is 0 Å². The molecule has 1 aromatic heterocycles. The molecule has 0 aliphatic heterocycles. The molecule has 1 N–H and O–H groups in total. The number of aromatic carboxylic acids is 1. The predicted molar refractivity (Wildman–Crippen MR) is 61.3 cm³/mol. The maximum absolute atomic E-state index is 12.9. The van der Waals surface area contributed by atoms with Crippen molar-refractivity contribution in [1.29, 1.82) is 0 Å². The van der Waals surface area contributed by atoms with Crippen LogP contribution in [0.25, 0.3) is 11.5 Å². The van der Waals surface area contributed by atoms with Crippen LogP contribution < -0.4 is 0 Å². The molecule has 0 saturated carbocycles. The van der Waals surface area contributed by atoms with E-state index < -0.39 is 11.8 Å². The molecular formula is C11H7BrFNO3. The van der Waals surface area contributed by atoms with Gasteiger partial charge in [-0.1, -0.05) is 0 Å². The minimum absolute atomic E-state index is 0.142. The number of hydrogen-bond acceptors (Lipinski definition) is 3. The second-order valence-corrected chi connectivity index (χ2v) is 4.21. The third kappa shape index (κ3) is 2.21. The van der Waals surface area contributed by atoms with Crippen LogP contribution in [-0.2, 0) is 0 Å². The quantitative estimate of drug-likeness (QED) is 0.924. The van der Waals surface area contributed by atoms with Gasteiger partial charge in [-0.25, -0.2) is 14.2 Å². The van der Waals surface area contributed by atoms with Crippen LogP contribution in [0.5, 0.6) is 0 Å². The fourth-order valence-corrected chi connectivity index (χ4v) is 1.89. The number of aryl methyl sites for hydroxylation is 1. The van der Waals surface area contributed by atoms with Crippen LogP contribution in [-0.4, -0.2) is 16.1 Å². The summed E-state index contributed by atoms with van der Waals surface area (Å²) in [7, 11) is 0. The summed E-state index contributed by atoms with van der Waals surface area (Å²) in [4.78, 5) is 14.7. The van der Waals surface area contributed by atoms with E-state index in [1.54, 1.807) is 0 Å². The first-order chi connectivity index (χ1) is 7.99. The minimum Gasteiger partial charge on any atom is -0.476 e. The molecule has 0 aliphatic rings. The smallest absolute Gasteiger partial charge is 0.358 e. The zero-order valence-electron chi connectivity index (χ0n) is 8.70. The van der Waals surface area contributed by atoms with E-state index in [2.05, 4.69) is 20.9 Å². The van der Waals surface area contributed by atoms with E-state index in [1.165, 1.54) is 25.1 Å². The molecule has 0 radical (unpaired) electrons. The van der Waals surface area contributed by atoms with Gasteiger partial charge in [0.05, 0.1) is 5.56 Å². The summed E-state index contributed by atoms with van der Waals surface area (Å²) in [5.41, 5.74) is 0.359. The molecule has 0 spiro atoms. The predicted octanol–water partition coefficient (Wildman–Crippen LogP) is 3.25. The van der Waals surface area contributed by atoms with Crippen LogP contribution in [0, 0.1) is 12.7 Å². The summed E-state index contributed by atoms with van der Waals surface area (Å²) in [6, 6.07) is 3.98. The standard InChI is InChI=1S/C11H7BrFNO3/c1-5-9(11(15)16)14-10(17-5)7-3-2-6(13)4-8(7)12/h2-4H,1H3,(H,15,16). The maximum Gasteiger partial charge on any atom is 0.358 e. The van der Waals surface area contributed by atoms with E-state index in [1.807, 2.05) is 0 Å². The molecule has 0 saturated heterocycles. The molecule has 0 atom stereocenters. The average Bonchev–Trinajstić information content (AvgIpc) is 2.60. The molecule has 1 aromatic carbocycles. The first-order valence-electron chi connectivity index (χ1n) is 4.65. The summed E-state index contributed by atoms with van der Waals surface area (Å²) >= 11 is 3.17. The Morgan fingerprint density at radius 2 is 2.24 bits per heavy atom. The Bertz CT molecular complexity index is 594. The summed E-state index contributed by atoms with van der Waals surface area (Å²) < 4.78 is 18.6. The van der Waals surface area contributed by atoms with E-state index in [0.29, 0.717) is 10.0 Å². The van der Waals surface area contributed by atoms with E-state index >= 15 is 0 Å². The van der Waals surface area contributed by atoms with Gasteiger partial charge in [-0.2, -0.15) is 0 Å². The lowest BCUT2D eigenvalue weighted by molar-refractivity contribution is 0.0689. The van der Waals surface area contributed by atoms with Gasteiger partial charge >= 0.3 is 5.97 Å². The van der Waals surface area contributed by atoms with Gasteiger partial charge < -0.3 is 9.52 Å². The zero-order valence-corrected chi connectivity index (χ0v) is 10.3. The topological polar surface area (TPSA) is 63.3 Å². The summed E-state index contributed by atoms with van der Waals surface area (Å²) in [6.07, 6.45) is 0. The Labute approximate surface area is 104 Å². The van der Waals surface area contributed by atoms with Gasteiger partial charge in [0, 0.05) is 4.47 Å². The van der Waals surface area contributed by atoms with Gasteiger partial charge in [0.15, 0.2) is 5.69 Å². The monoisotopic (exact) mass is 299 g/mol. The number of benzene rings is 1. The van der Waals surface area contributed by atoms with Gasteiger partial charge in [0.2, 0.25) is 5.89 Å². The first kappa shape index (κ1) is 11.8. The number of aromatic nitrogens is 1. The Hall–Kier alpha value is -1.69. The first-order valence-corrected chi connectivity index (χ1v) is 5.44. The third-order valence-corrected chi connectivity index (χ3v) is 2.82. The highest BCUT2D eigenvalue weighted by Gasteiger charge is 2.18. The molecule has 0 amide bonds. The summed E-state index contributed by atoms with van der Waals surface area (Å²) in [5.74, 6) is -1.20. The lowest BCUT2D eigenvalue weighted by Crippen LogP contribution is -1.98. The SMILES string of the molecule is Cc1oc(-c2ccc(F)cc2Br)nc1C(=O)O. The second kappa shape index (κ2) is 4.29. The Balaban J connectivity index is 2.53. The van der Waals surface area contributed by atoms with Crippen molar-refractivity contribution in [2.24, 2.45) is 0 Å². The largest absolute Gasteiger partial charge is 0.476 e. The Morgan fingerprint density at radius 1 is 1.53 bits per heavy atom. The highest BCUT2D eigenvalue weighted by molar-refractivity contribution is 9.10. The number of carbonyl (C=O) groups is 1. The van der Waals surface area contributed by atoms with Crippen LogP contribution in [0.4, 0.5) is 4.39 Å². The summed E-state index contributed by atoms with van der Waals surface area (Å²) in [5, 5.41) is 8.85. The molecule has 17 heavy (non-hydrogen) atoms. The van der Waals surface area contributed by atoms with Crippen LogP contribution in [0.1, 0.15) is 16.2 Å². The van der Waals surface area contributed by atoms with Crippen LogP contribution in [0.2, 0.25) is 0 Å². The van der Waals surface area contributed by atoms with Crippen molar-refractivity contribution in [1.82, 2.24) is 4.98 Å². The molecule has 88 valence electrons. The average molecular weight is 300 g/mol. The van der Waals surface area contributed by atoms with E-state index in [-0.39, 0.29) is 17.3 Å². The van der Waals surface area contributed by atoms with Crippen molar-refractivity contribution >= 4 is 21.9 Å². The molecule has 6 heteroatoms. The number of oxazole rings is 1. The van der Waals surface area contributed by atoms with Gasteiger partial charge in [-0.05, 0) is 41.1 Å². The Kier molecular flexibility index (Phi) is 2.97.